The molecule has 0 aromatic heterocycles. The van der Waals surface area contributed by atoms with Crippen molar-refractivity contribution in [1.82, 2.24) is 10.2 Å². The predicted octanol–water partition coefficient (Wildman–Crippen LogP) is 3.57. The molecule has 2 aliphatic heterocycles. The van der Waals surface area contributed by atoms with Crippen LogP contribution in [0.25, 0.3) is 0 Å². The van der Waals surface area contributed by atoms with Gasteiger partial charge in [-0.1, -0.05) is 17.7 Å². The number of piperidine rings is 1. The number of nitrogens with one attached hydrogen (secondary N) is 1. The van der Waals surface area contributed by atoms with Crippen LogP contribution in [0.15, 0.2) is 48.5 Å². The van der Waals surface area contributed by atoms with Gasteiger partial charge in [-0.05, 0) is 61.3 Å². The lowest BCUT2D eigenvalue weighted by atomic mass is 9.99. The summed E-state index contributed by atoms with van der Waals surface area (Å²) in [6, 6.07) is 14.7. The lowest BCUT2D eigenvalue weighted by Crippen LogP contribution is -2.43. The molecule has 4 nitrogen and oxygen atoms in total. The van der Waals surface area contributed by atoms with Gasteiger partial charge >= 0.3 is 0 Å². The second-order valence-corrected chi connectivity index (χ2v) is 6.91. The van der Waals surface area contributed by atoms with E-state index in [1.165, 1.54) is 13.0 Å². The summed E-state index contributed by atoms with van der Waals surface area (Å²) in [5.41, 5.74) is 0.624. The number of carbonyl (C=O) groups is 1. The van der Waals surface area contributed by atoms with E-state index < -0.39 is 0 Å². The molecular weight excluding hydrogens is 324 g/mol. The maximum atomic E-state index is 12.5. The number of hydrogen-bond acceptors (Lipinski definition) is 3. The number of benzene rings is 2. The fourth-order valence-electron chi connectivity index (χ4n) is 3.54. The maximum absolute atomic E-state index is 12.5. The molecule has 2 aromatic rings. The zero-order chi connectivity index (χ0) is 16.5. The SMILES string of the molecule is O=C(NC1CN2CC[C@H]1C2)c1cccc(Oc2ccc(Cl)cc2)c1. The Bertz CT molecular complexity index is 747. The van der Waals surface area contributed by atoms with E-state index in [9.17, 15) is 4.79 Å². The van der Waals surface area contributed by atoms with E-state index in [1.807, 2.05) is 18.2 Å². The van der Waals surface area contributed by atoms with E-state index in [2.05, 4.69) is 10.2 Å². The highest BCUT2D eigenvalue weighted by molar-refractivity contribution is 6.30. The lowest BCUT2D eigenvalue weighted by molar-refractivity contribution is 0.0924. The van der Waals surface area contributed by atoms with Gasteiger partial charge in [-0.25, -0.2) is 0 Å². The van der Waals surface area contributed by atoms with Crippen molar-refractivity contribution in [3.63, 3.8) is 0 Å². The van der Waals surface area contributed by atoms with Gasteiger partial charge in [0.15, 0.2) is 0 Å². The third-order valence-corrected chi connectivity index (χ3v) is 5.05. The molecule has 24 heavy (non-hydrogen) atoms. The van der Waals surface area contributed by atoms with Crippen LogP contribution in [0.4, 0.5) is 0 Å². The molecule has 2 saturated heterocycles. The van der Waals surface area contributed by atoms with Gasteiger partial charge in [0, 0.05) is 29.7 Å². The van der Waals surface area contributed by atoms with E-state index >= 15 is 0 Å². The zero-order valence-electron chi connectivity index (χ0n) is 13.2. The molecule has 2 aliphatic rings. The van der Waals surface area contributed by atoms with Gasteiger partial charge in [-0.2, -0.15) is 0 Å². The van der Waals surface area contributed by atoms with Crippen molar-refractivity contribution in [1.29, 1.82) is 0 Å². The van der Waals surface area contributed by atoms with Gasteiger partial charge in [-0.3, -0.25) is 4.79 Å². The van der Waals surface area contributed by atoms with Crippen LogP contribution in [-0.2, 0) is 0 Å². The predicted molar refractivity (Wildman–Crippen MR) is 93.8 cm³/mol. The first-order valence-corrected chi connectivity index (χ1v) is 8.62. The van der Waals surface area contributed by atoms with E-state index in [-0.39, 0.29) is 11.9 Å². The minimum Gasteiger partial charge on any atom is -0.457 e. The van der Waals surface area contributed by atoms with Crippen molar-refractivity contribution in [2.24, 2.45) is 5.92 Å². The van der Waals surface area contributed by atoms with Gasteiger partial charge in [0.25, 0.3) is 5.91 Å². The van der Waals surface area contributed by atoms with Gasteiger partial charge in [0.2, 0.25) is 0 Å². The average Bonchev–Trinajstić information content (AvgIpc) is 3.20. The number of carbonyl (C=O) groups excluding carboxylic acids is 1. The van der Waals surface area contributed by atoms with Gasteiger partial charge in [-0.15, -0.1) is 0 Å². The van der Waals surface area contributed by atoms with Crippen LogP contribution in [0.5, 0.6) is 11.5 Å². The Hall–Kier alpha value is -2.04. The number of ether oxygens (including phenoxy) is 1. The Labute approximate surface area is 146 Å². The van der Waals surface area contributed by atoms with Crippen molar-refractivity contribution in [2.75, 3.05) is 19.6 Å². The van der Waals surface area contributed by atoms with Crippen molar-refractivity contribution in [3.8, 4) is 11.5 Å². The molecule has 0 saturated carbocycles. The van der Waals surface area contributed by atoms with Gasteiger partial charge in [0.05, 0.1) is 0 Å². The van der Waals surface area contributed by atoms with E-state index in [1.54, 1.807) is 30.3 Å². The summed E-state index contributed by atoms with van der Waals surface area (Å²) in [7, 11) is 0. The lowest BCUT2D eigenvalue weighted by Gasteiger charge is -2.23. The minimum atomic E-state index is -0.0321. The summed E-state index contributed by atoms with van der Waals surface area (Å²) in [6.45, 7) is 3.25. The highest BCUT2D eigenvalue weighted by Gasteiger charge is 2.38. The second kappa shape index (κ2) is 6.46. The molecule has 0 radical (unpaired) electrons. The molecule has 1 amide bonds. The Morgan fingerprint density at radius 1 is 1.12 bits per heavy atom. The third kappa shape index (κ3) is 3.25. The van der Waals surface area contributed by atoms with Crippen LogP contribution >= 0.6 is 11.6 Å². The van der Waals surface area contributed by atoms with Crippen LogP contribution < -0.4 is 10.1 Å². The molecule has 124 valence electrons. The molecule has 2 fully saturated rings. The summed E-state index contributed by atoms with van der Waals surface area (Å²) in [4.78, 5) is 14.9. The molecule has 2 unspecified atom stereocenters. The van der Waals surface area contributed by atoms with Crippen LogP contribution in [0, 0.1) is 5.92 Å². The molecule has 0 spiro atoms. The Morgan fingerprint density at radius 3 is 2.67 bits per heavy atom. The van der Waals surface area contributed by atoms with Crippen LogP contribution in [0.2, 0.25) is 5.02 Å². The highest BCUT2D eigenvalue weighted by Crippen LogP contribution is 2.28. The normalized spacial score (nSPS) is 24.8. The molecule has 2 aromatic carbocycles. The summed E-state index contributed by atoms with van der Waals surface area (Å²) in [6.07, 6.45) is 1.19. The smallest absolute Gasteiger partial charge is 0.251 e. The summed E-state index contributed by atoms with van der Waals surface area (Å²) in [5, 5.41) is 3.84. The van der Waals surface area contributed by atoms with E-state index in [0.717, 1.165) is 13.1 Å². The number of rotatable bonds is 4. The average molecular weight is 343 g/mol. The molecule has 1 N–H and O–H groups in total. The van der Waals surface area contributed by atoms with Gasteiger partial charge < -0.3 is 15.0 Å². The first-order valence-electron chi connectivity index (χ1n) is 8.24. The Kier molecular flexibility index (Phi) is 4.17. The zero-order valence-corrected chi connectivity index (χ0v) is 14.0. The summed E-state index contributed by atoms with van der Waals surface area (Å²) in [5.74, 6) is 1.90. The number of hydrogen-bond donors (Lipinski definition) is 1. The topological polar surface area (TPSA) is 41.6 Å². The first-order chi connectivity index (χ1) is 11.7. The van der Waals surface area contributed by atoms with Crippen molar-refractivity contribution in [2.45, 2.75) is 12.5 Å². The quantitative estimate of drug-likeness (QED) is 0.923. The molecule has 2 heterocycles. The largest absolute Gasteiger partial charge is 0.457 e. The van der Waals surface area contributed by atoms with Crippen molar-refractivity contribution < 1.29 is 9.53 Å². The second-order valence-electron chi connectivity index (χ2n) is 6.47. The summed E-state index contributed by atoms with van der Waals surface area (Å²) >= 11 is 5.88. The molecule has 5 heteroatoms. The van der Waals surface area contributed by atoms with Crippen LogP contribution in [-0.4, -0.2) is 36.5 Å². The van der Waals surface area contributed by atoms with E-state index in [4.69, 9.17) is 16.3 Å². The number of nitrogens with zero attached hydrogens (tertiary/aromatic N) is 1. The Morgan fingerprint density at radius 2 is 1.96 bits per heavy atom. The fourth-order valence-corrected chi connectivity index (χ4v) is 3.66. The summed E-state index contributed by atoms with van der Waals surface area (Å²) < 4.78 is 5.80. The van der Waals surface area contributed by atoms with Crippen molar-refractivity contribution in [3.05, 3.63) is 59.1 Å². The number of fused-ring (bicyclic) bond motifs is 2. The highest BCUT2D eigenvalue weighted by atomic mass is 35.5. The van der Waals surface area contributed by atoms with E-state index in [0.29, 0.717) is 28.0 Å². The Balaban J connectivity index is 1.43. The molecule has 4 rings (SSSR count). The standard InChI is InChI=1S/C19H19ClN2O2/c20-15-4-6-16(7-5-15)24-17-3-1-2-13(10-17)19(23)21-18-12-22-9-8-14(18)11-22/h1-7,10,14,18H,8-9,11-12H2,(H,21,23)/t14-,18?/m0/s1. The van der Waals surface area contributed by atoms with Gasteiger partial charge in [0.1, 0.15) is 11.5 Å². The van der Waals surface area contributed by atoms with Crippen molar-refractivity contribution >= 4 is 17.5 Å². The monoisotopic (exact) mass is 342 g/mol. The number of amides is 1. The maximum Gasteiger partial charge on any atom is 0.251 e. The first kappa shape index (κ1) is 15.5. The van der Waals surface area contributed by atoms with Crippen LogP contribution in [0.1, 0.15) is 16.8 Å². The fraction of sp³-hybridized carbons (Fsp3) is 0.316. The molecule has 2 bridgehead atoms. The molecule has 0 aliphatic carbocycles. The third-order valence-electron chi connectivity index (χ3n) is 4.79. The van der Waals surface area contributed by atoms with Crippen LogP contribution in [0.3, 0.4) is 0 Å². The molecule has 3 atom stereocenters. The minimum absolute atomic E-state index is 0.0321. The number of halogens is 1. The molecular formula is C19H19ClN2O2.